The number of nitrogens with one attached hydrogen (secondary N) is 2. The highest BCUT2D eigenvalue weighted by atomic mass is 16.5. The average molecular weight is 339 g/mol. The molecule has 0 amide bonds. The summed E-state index contributed by atoms with van der Waals surface area (Å²) in [7, 11) is 0. The van der Waals surface area contributed by atoms with Gasteiger partial charge in [-0.3, -0.25) is 4.68 Å². The van der Waals surface area contributed by atoms with Crippen LogP contribution < -0.4 is 10.1 Å². The number of nitriles is 1. The van der Waals surface area contributed by atoms with Crippen molar-refractivity contribution in [1.29, 1.82) is 5.26 Å². The Bertz CT molecular complexity index is 961. The smallest absolute Gasteiger partial charge is 0.232 e. The number of aromatic nitrogens is 5. The number of hydrogen-bond acceptors (Lipinski definition) is 6. The van der Waals surface area contributed by atoms with E-state index in [2.05, 4.69) is 31.4 Å². The zero-order valence-electron chi connectivity index (χ0n) is 15.0. The molecule has 3 heterocycles. The summed E-state index contributed by atoms with van der Waals surface area (Å²) >= 11 is 0. The number of aryl methyl sites for hydroxylation is 2. The summed E-state index contributed by atoms with van der Waals surface area (Å²) in [5.41, 5.74) is 2.51. The monoisotopic (exact) mass is 339 g/mol. The van der Waals surface area contributed by atoms with Gasteiger partial charge in [0, 0.05) is 6.20 Å². The van der Waals surface area contributed by atoms with Crippen LogP contribution in [0, 0.1) is 25.2 Å². The van der Waals surface area contributed by atoms with Gasteiger partial charge in [-0.15, -0.1) is 0 Å². The van der Waals surface area contributed by atoms with Gasteiger partial charge >= 0.3 is 0 Å². The molecule has 0 aliphatic heterocycles. The second kappa shape index (κ2) is 6.09. The molecule has 0 saturated carbocycles. The van der Waals surface area contributed by atoms with Crippen molar-refractivity contribution >= 4 is 22.7 Å². The molecule has 0 spiro atoms. The van der Waals surface area contributed by atoms with Gasteiger partial charge in [0.1, 0.15) is 11.2 Å². The molecular weight excluding hydrogens is 318 g/mol. The first-order chi connectivity index (χ1) is 11.9. The third-order valence-electron chi connectivity index (χ3n) is 3.97. The summed E-state index contributed by atoms with van der Waals surface area (Å²) in [6.07, 6.45) is 3.66. The molecule has 0 aromatic carbocycles. The molecule has 0 bridgehead atoms. The SMILES string of the molecule is CCOc1nc(Nc2cn(C(C)(C)C#N)nc2C)nc2[nH]cc(C)c12. The van der Waals surface area contributed by atoms with Crippen molar-refractivity contribution in [2.75, 3.05) is 11.9 Å². The Labute approximate surface area is 145 Å². The fourth-order valence-electron chi connectivity index (χ4n) is 2.49. The minimum atomic E-state index is -0.734. The van der Waals surface area contributed by atoms with E-state index in [0.717, 1.165) is 22.3 Å². The van der Waals surface area contributed by atoms with E-state index in [4.69, 9.17) is 4.74 Å². The molecule has 0 atom stereocenters. The highest BCUT2D eigenvalue weighted by Crippen LogP contribution is 2.29. The van der Waals surface area contributed by atoms with E-state index in [9.17, 15) is 5.26 Å². The normalized spacial score (nSPS) is 11.5. The lowest BCUT2D eigenvalue weighted by Gasteiger charge is -2.15. The van der Waals surface area contributed by atoms with Crippen molar-refractivity contribution in [3.63, 3.8) is 0 Å². The first-order valence-corrected chi connectivity index (χ1v) is 8.09. The quantitative estimate of drug-likeness (QED) is 0.740. The molecule has 8 nitrogen and oxygen atoms in total. The second-order valence-corrected chi connectivity index (χ2v) is 6.35. The number of aromatic amines is 1. The minimum Gasteiger partial charge on any atom is -0.477 e. The van der Waals surface area contributed by atoms with E-state index in [0.29, 0.717) is 24.1 Å². The van der Waals surface area contributed by atoms with E-state index in [1.54, 1.807) is 24.7 Å². The molecule has 0 saturated heterocycles. The van der Waals surface area contributed by atoms with Crippen molar-refractivity contribution < 1.29 is 4.74 Å². The number of hydrogen-bond donors (Lipinski definition) is 2. The molecule has 0 radical (unpaired) electrons. The van der Waals surface area contributed by atoms with Gasteiger partial charge in [-0.05, 0) is 40.2 Å². The Hall–Kier alpha value is -3.08. The molecule has 0 unspecified atom stereocenters. The standard InChI is InChI=1S/C17H21N7O/c1-6-25-15-13-10(2)7-19-14(13)21-16(22-15)20-12-8-24(23-11(12)3)17(4,5)9-18/h7-8H,6H2,1-5H3,(H2,19,20,21,22). The average Bonchev–Trinajstić information content (AvgIpc) is 3.12. The van der Waals surface area contributed by atoms with E-state index < -0.39 is 5.54 Å². The molecule has 3 aromatic rings. The topological polar surface area (TPSA) is 104 Å². The van der Waals surface area contributed by atoms with Crippen LogP contribution >= 0.6 is 0 Å². The molecule has 3 aromatic heterocycles. The Morgan fingerprint density at radius 2 is 2.12 bits per heavy atom. The fraction of sp³-hybridized carbons (Fsp3) is 0.412. The van der Waals surface area contributed by atoms with Crippen LogP contribution in [-0.4, -0.2) is 31.3 Å². The van der Waals surface area contributed by atoms with Gasteiger partial charge in [-0.1, -0.05) is 0 Å². The van der Waals surface area contributed by atoms with Crippen LogP contribution in [0.15, 0.2) is 12.4 Å². The second-order valence-electron chi connectivity index (χ2n) is 6.35. The molecule has 25 heavy (non-hydrogen) atoms. The lowest BCUT2D eigenvalue weighted by atomic mass is 10.1. The zero-order valence-corrected chi connectivity index (χ0v) is 15.0. The lowest BCUT2D eigenvalue weighted by molar-refractivity contribution is 0.331. The number of anilines is 2. The maximum atomic E-state index is 9.28. The number of ether oxygens (including phenoxy) is 1. The third kappa shape index (κ3) is 3.01. The van der Waals surface area contributed by atoms with Gasteiger partial charge in [0.15, 0.2) is 0 Å². The minimum absolute atomic E-state index is 0.412. The zero-order chi connectivity index (χ0) is 18.2. The molecule has 8 heteroatoms. The number of fused-ring (bicyclic) bond motifs is 1. The predicted octanol–water partition coefficient (Wildman–Crippen LogP) is 3.17. The maximum absolute atomic E-state index is 9.28. The Morgan fingerprint density at radius 1 is 1.36 bits per heavy atom. The summed E-state index contributed by atoms with van der Waals surface area (Å²) in [6.45, 7) is 9.90. The highest BCUT2D eigenvalue weighted by Gasteiger charge is 2.22. The van der Waals surface area contributed by atoms with E-state index >= 15 is 0 Å². The van der Waals surface area contributed by atoms with Gasteiger partial charge < -0.3 is 15.0 Å². The van der Waals surface area contributed by atoms with Crippen molar-refractivity contribution in [1.82, 2.24) is 24.7 Å². The first kappa shape index (κ1) is 16.8. The number of rotatable bonds is 5. The van der Waals surface area contributed by atoms with Gasteiger partial charge in [0.2, 0.25) is 11.8 Å². The van der Waals surface area contributed by atoms with Crippen LogP contribution in [0.4, 0.5) is 11.6 Å². The largest absolute Gasteiger partial charge is 0.477 e. The van der Waals surface area contributed by atoms with E-state index in [-0.39, 0.29) is 0 Å². The van der Waals surface area contributed by atoms with Crippen molar-refractivity contribution in [2.45, 2.75) is 40.2 Å². The molecule has 0 fully saturated rings. The predicted molar refractivity (Wildman–Crippen MR) is 95.0 cm³/mol. The molecule has 0 aliphatic carbocycles. The van der Waals surface area contributed by atoms with Crippen LogP contribution in [-0.2, 0) is 5.54 Å². The summed E-state index contributed by atoms with van der Waals surface area (Å²) in [5.74, 6) is 0.950. The van der Waals surface area contributed by atoms with E-state index in [1.807, 2.05) is 27.0 Å². The lowest BCUT2D eigenvalue weighted by Crippen LogP contribution is -2.24. The van der Waals surface area contributed by atoms with Crippen LogP contribution in [0.5, 0.6) is 5.88 Å². The summed E-state index contributed by atoms with van der Waals surface area (Å²) in [6, 6.07) is 2.23. The molecule has 2 N–H and O–H groups in total. The summed E-state index contributed by atoms with van der Waals surface area (Å²) in [4.78, 5) is 12.1. The van der Waals surface area contributed by atoms with Crippen LogP contribution in [0.2, 0.25) is 0 Å². The summed E-state index contributed by atoms with van der Waals surface area (Å²) in [5, 5.41) is 17.7. The maximum Gasteiger partial charge on any atom is 0.232 e. The molecule has 130 valence electrons. The van der Waals surface area contributed by atoms with Crippen molar-refractivity contribution in [3.05, 3.63) is 23.7 Å². The first-order valence-electron chi connectivity index (χ1n) is 8.09. The van der Waals surface area contributed by atoms with Crippen LogP contribution in [0.25, 0.3) is 11.0 Å². The molecular formula is C17H21N7O. The van der Waals surface area contributed by atoms with Gasteiger partial charge in [-0.2, -0.15) is 20.3 Å². The molecule has 0 aliphatic rings. The Morgan fingerprint density at radius 3 is 2.80 bits per heavy atom. The Kier molecular flexibility index (Phi) is 4.08. The number of H-pyrrole nitrogens is 1. The van der Waals surface area contributed by atoms with Crippen LogP contribution in [0.1, 0.15) is 32.0 Å². The number of nitrogens with zero attached hydrogens (tertiary/aromatic N) is 5. The highest BCUT2D eigenvalue weighted by molar-refractivity contribution is 5.86. The summed E-state index contributed by atoms with van der Waals surface area (Å²) < 4.78 is 7.30. The van der Waals surface area contributed by atoms with Crippen molar-refractivity contribution in [3.8, 4) is 11.9 Å². The third-order valence-corrected chi connectivity index (χ3v) is 3.97. The van der Waals surface area contributed by atoms with Crippen LogP contribution in [0.3, 0.4) is 0 Å². The fourth-order valence-corrected chi connectivity index (χ4v) is 2.49. The van der Waals surface area contributed by atoms with Gasteiger partial charge in [-0.25, -0.2) is 0 Å². The van der Waals surface area contributed by atoms with Gasteiger partial charge in [0.05, 0.1) is 35.6 Å². The Balaban J connectivity index is 2.00. The van der Waals surface area contributed by atoms with Crippen molar-refractivity contribution in [2.24, 2.45) is 0 Å². The van der Waals surface area contributed by atoms with E-state index in [1.165, 1.54) is 0 Å². The molecule has 3 rings (SSSR count). The van der Waals surface area contributed by atoms with Gasteiger partial charge in [0.25, 0.3) is 0 Å².